The summed E-state index contributed by atoms with van der Waals surface area (Å²) < 4.78 is 0. The molecule has 1 heterocycles. The molecule has 0 aliphatic heterocycles. The smallest absolute Gasteiger partial charge is 0.128 e. The van der Waals surface area contributed by atoms with Crippen LogP contribution in [0.25, 0.3) is 0 Å². The molecule has 0 aliphatic carbocycles. The van der Waals surface area contributed by atoms with E-state index in [1.54, 1.807) is 0 Å². The highest BCUT2D eigenvalue weighted by Crippen LogP contribution is 2.12. The summed E-state index contributed by atoms with van der Waals surface area (Å²) >= 11 is 0. The van der Waals surface area contributed by atoms with Gasteiger partial charge in [-0.2, -0.15) is 0 Å². The lowest BCUT2D eigenvalue weighted by atomic mass is 10.1. The molecule has 0 saturated heterocycles. The summed E-state index contributed by atoms with van der Waals surface area (Å²) in [5.74, 6) is 0.976. The fraction of sp³-hybridized carbons (Fsp3) is 0.667. The topological polar surface area (TPSA) is 51.8 Å². The van der Waals surface area contributed by atoms with Gasteiger partial charge in [0.1, 0.15) is 5.82 Å². The van der Waals surface area contributed by atoms with Crippen LogP contribution in [0.4, 0.5) is 0 Å². The molecule has 84 valence electrons. The minimum absolute atomic E-state index is 0.732. The highest BCUT2D eigenvalue weighted by atomic mass is 14.9. The fourth-order valence-corrected chi connectivity index (χ4v) is 1.78. The minimum Gasteiger partial charge on any atom is -0.330 e. The van der Waals surface area contributed by atoms with E-state index >= 15 is 0 Å². The predicted molar refractivity (Wildman–Crippen MR) is 62.9 cm³/mol. The average molecular weight is 207 g/mol. The van der Waals surface area contributed by atoms with Crippen molar-refractivity contribution in [2.75, 3.05) is 6.54 Å². The van der Waals surface area contributed by atoms with Gasteiger partial charge in [0.05, 0.1) is 0 Å². The van der Waals surface area contributed by atoms with Gasteiger partial charge in [-0.15, -0.1) is 0 Å². The summed E-state index contributed by atoms with van der Waals surface area (Å²) in [5.41, 5.74) is 9.04. The lowest BCUT2D eigenvalue weighted by Gasteiger charge is -2.09. The molecule has 0 bridgehead atoms. The van der Waals surface area contributed by atoms with Gasteiger partial charge in [-0.3, -0.25) is 0 Å². The van der Waals surface area contributed by atoms with Crippen molar-refractivity contribution in [3.05, 3.63) is 22.8 Å². The summed E-state index contributed by atoms with van der Waals surface area (Å²) in [6, 6.07) is 0. The van der Waals surface area contributed by atoms with Gasteiger partial charge in [-0.05, 0) is 45.2 Å². The summed E-state index contributed by atoms with van der Waals surface area (Å²) in [5, 5.41) is 0. The molecule has 0 fully saturated rings. The predicted octanol–water partition coefficient (Wildman–Crippen LogP) is 1.94. The minimum atomic E-state index is 0.732. The Hall–Kier alpha value is -0.960. The van der Waals surface area contributed by atoms with E-state index in [2.05, 4.69) is 30.7 Å². The first-order chi connectivity index (χ1) is 7.19. The van der Waals surface area contributed by atoms with Gasteiger partial charge in [-0.1, -0.05) is 6.92 Å². The Morgan fingerprint density at radius 3 is 2.13 bits per heavy atom. The summed E-state index contributed by atoms with van der Waals surface area (Å²) in [7, 11) is 0. The van der Waals surface area contributed by atoms with E-state index in [4.69, 9.17) is 5.73 Å². The number of rotatable bonds is 5. The van der Waals surface area contributed by atoms with Crippen LogP contribution in [0.15, 0.2) is 0 Å². The molecule has 2 N–H and O–H groups in total. The molecule has 0 aliphatic rings. The van der Waals surface area contributed by atoms with E-state index in [-0.39, 0.29) is 0 Å². The van der Waals surface area contributed by atoms with Crippen LogP contribution in [-0.4, -0.2) is 16.5 Å². The van der Waals surface area contributed by atoms with E-state index < -0.39 is 0 Å². The Kier molecular flexibility index (Phi) is 4.69. The molecule has 1 rings (SSSR count). The van der Waals surface area contributed by atoms with E-state index in [1.807, 2.05) is 0 Å². The third-order valence-electron chi connectivity index (χ3n) is 2.57. The molecule has 1 aromatic rings. The zero-order chi connectivity index (χ0) is 11.3. The SMILES string of the molecule is CCCc1nc(C)c(CCCN)c(C)n1. The van der Waals surface area contributed by atoms with Crippen molar-refractivity contribution < 1.29 is 0 Å². The maximum Gasteiger partial charge on any atom is 0.128 e. The van der Waals surface area contributed by atoms with Gasteiger partial charge < -0.3 is 5.73 Å². The molecule has 0 unspecified atom stereocenters. The van der Waals surface area contributed by atoms with E-state index in [0.29, 0.717) is 0 Å². The molecule has 0 aromatic carbocycles. The second kappa shape index (κ2) is 5.81. The second-order valence-electron chi connectivity index (χ2n) is 3.93. The molecular weight excluding hydrogens is 186 g/mol. The molecule has 0 saturated carbocycles. The summed E-state index contributed by atoms with van der Waals surface area (Å²) in [6.45, 7) is 7.02. The number of aryl methyl sites for hydroxylation is 3. The van der Waals surface area contributed by atoms with Gasteiger partial charge >= 0.3 is 0 Å². The largest absolute Gasteiger partial charge is 0.330 e. The number of nitrogens with zero attached hydrogens (tertiary/aromatic N) is 2. The van der Waals surface area contributed by atoms with Crippen LogP contribution in [0.3, 0.4) is 0 Å². The third kappa shape index (κ3) is 3.27. The number of nitrogens with two attached hydrogens (primary N) is 1. The van der Waals surface area contributed by atoms with Crippen molar-refractivity contribution >= 4 is 0 Å². The maximum atomic E-state index is 5.51. The molecule has 0 amide bonds. The fourth-order valence-electron chi connectivity index (χ4n) is 1.78. The zero-order valence-electron chi connectivity index (χ0n) is 10.0. The summed E-state index contributed by atoms with van der Waals surface area (Å²) in [6.07, 6.45) is 4.08. The quantitative estimate of drug-likeness (QED) is 0.802. The van der Waals surface area contributed by atoms with Crippen molar-refractivity contribution in [2.24, 2.45) is 5.73 Å². The molecule has 3 heteroatoms. The average Bonchev–Trinajstić information content (AvgIpc) is 2.17. The second-order valence-corrected chi connectivity index (χ2v) is 3.93. The van der Waals surface area contributed by atoms with Gasteiger partial charge in [0, 0.05) is 17.8 Å². The van der Waals surface area contributed by atoms with Gasteiger partial charge in [0.25, 0.3) is 0 Å². The number of hydrogen-bond acceptors (Lipinski definition) is 3. The molecule has 0 radical (unpaired) electrons. The Morgan fingerprint density at radius 2 is 1.67 bits per heavy atom. The van der Waals surface area contributed by atoms with E-state index in [0.717, 1.165) is 49.4 Å². The van der Waals surface area contributed by atoms with E-state index in [1.165, 1.54) is 5.56 Å². The van der Waals surface area contributed by atoms with Gasteiger partial charge in [0.2, 0.25) is 0 Å². The number of hydrogen-bond donors (Lipinski definition) is 1. The van der Waals surface area contributed by atoms with Crippen molar-refractivity contribution in [2.45, 2.75) is 46.5 Å². The monoisotopic (exact) mass is 207 g/mol. The van der Waals surface area contributed by atoms with Crippen molar-refractivity contribution in [1.82, 2.24) is 9.97 Å². The van der Waals surface area contributed by atoms with Crippen molar-refractivity contribution in [3.63, 3.8) is 0 Å². The van der Waals surface area contributed by atoms with Crippen LogP contribution >= 0.6 is 0 Å². The lowest BCUT2D eigenvalue weighted by Crippen LogP contribution is -2.08. The van der Waals surface area contributed by atoms with Gasteiger partial charge in [-0.25, -0.2) is 9.97 Å². The van der Waals surface area contributed by atoms with Crippen molar-refractivity contribution in [1.29, 1.82) is 0 Å². The van der Waals surface area contributed by atoms with Crippen LogP contribution < -0.4 is 5.73 Å². The van der Waals surface area contributed by atoms with Crippen molar-refractivity contribution in [3.8, 4) is 0 Å². The zero-order valence-corrected chi connectivity index (χ0v) is 10.0. The third-order valence-corrected chi connectivity index (χ3v) is 2.57. The first-order valence-corrected chi connectivity index (χ1v) is 5.72. The Balaban J connectivity index is 2.88. The van der Waals surface area contributed by atoms with Crippen LogP contribution in [0.2, 0.25) is 0 Å². The lowest BCUT2D eigenvalue weighted by molar-refractivity contribution is 0.769. The van der Waals surface area contributed by atoms with Gasteiger partial charge in [0.15, 0.2) is 0 Å². The first-order valence-electron chi connectivity index (χ1n) is 5.72. The first kappa shape index (κ1) is 12.1. The maximum absolute atomic E-state index is 5.51. The Labute approximate surface area is 92.1 Å². The van der Waals surface area contributed by atoms with Crippen LogP contribution in [-0.2, 0) is 12.8 Å². The summed E-state index contributed by atoms with van der Waals surface area (Å²) in [4.78, 5) is 9.05. The standard InChI is InChI=1S/C12H21N3/c1-4-6-12-14-9(2)11(7-5-8-13)10(3)15-12/h4-8,13H2,1-3H3. The number of aromatic nitrogens is 2. The molecular formula is C12H21N3. The van der Waals surface area contributed by atoms with E-state index in [9.17, 15) is 0 Å². The molecule has 3 nitrogen and oxygen atoms in total. The molecule has 0 spiro atoms. The Bertz CT molecular complexity index is 298. The molecule has 1 aromatic heterocycles. The van der Waals surface area contributed by atoms with Crippen LogP contribution in [0.1, 0.15) is 42.5 Å². The Morgan fingerprint density at radius 1 is 1.07 bits per heavy atom. The molecule has 15 heavy (non-hydrogen) atoms. The highest BCUT2D eigenvalue weighted by molar-refractivity contribution is 5.24. The van der Waals surface area contributed by atoms with Crippen LogP contribution in [0, 0.1) is 13.8 Å². The molecule has 0 atom stereocenters. The normalized spacial score (nSPS) is 10.7. The highest BCUT2D eigenvalue weighted by Gasteiger charge is 2.07. The van der Waals surface area contributed by atoms with Crippen LogP contribution in [0.5, 0.6) is 0 Å².